The van der Waals surface area contributed by atoms with Crippen molar-refractivity contribution in [3.05, 3.63) is 75.6 Å². The Hall–Kier alpha value is -3.28. The van der Waals surface area contributed by atoms with Gasteiger partial charge in [0, 0.05) is 24.1 Å². The first kappa shape index (κ1) is 19.5. The van der Waals surface area contributed by atoms with Crippen LogP contribution in [0, 0.1) is 12.7 Å². The minimum Gasteiger partial charge on any atom is -0.463 e. The van der Waals surface area contributed by atoms with Gasteiger partial charge in [0.1, 0.15) is 11.6 Å². The molecule has 0 fully saturated rings. The number of ether oxygens (including phenoxy) is 1. The van der Waals surface area contributed by atoms with Crippen molar-refractivity contribution in [2.75, 3.05) is 6.61 Å². The maximum Gasteiger partial charge on any atom is 0.330 e. The summed E-state index contributed by atoms with van der Waals surface area (Å²) < 4.78 is 20.8. The van der Waals surface area contributed by atoms with Crippen molar-refractivity contribution < 1.29 is 13.9 Å². The SMILES string of the molecule is CCOC(=O)/C=C/c1cc2c(=O)n(-c3ccc(C)cc3)c(CC)nc2cc1F. The number of carbonyl (C=O) groups excluding carboxylic acids is 1. The molecule has 0 aliphatic carbocycles. The summed E-state index contributed by atoms with van der Waals surface area (Å²) in [4.78, 5) is 29.2. The molecule has 3 aromatic rings. The Labute approximate surface area is 162 Å². The molecular formula is C22H21FN2O3. The van der Waals surface area contributed by atoms with E-state index in [9.17, 15) is 14.0 Å². The molecule has 0 aliphatic heterocycles. The average Bonchev–Trinajstić information content (AvgIpc) is 2.67. The van der Waals surface area contributed by atoms with E-state index in [-0.39, 0.29) is 28.6 Å². The Morgan fingerprint density at radius 1 is 1.21 bits per heavy atom. The Balaban J connectivity index is 2.19. The van der Waals surface area contributed by atoms with Gasteiger partial charge in [0.25, 0.3) is 5.56 Å². The van der Waals surface area contributed by atoms with E-state index in [1.165, 1.54) is 18.2 Å². The summed E-state index contributed by atoms with van der Waals surface area (Å²) in [6.45, 7) is 5.78. The van der Waals surface area contributed by atoms with E-state index in [1.54, 1.807) is 11.5 Å². The molecule has 2 aromatic carbocycles. The number of esters is 1. The summed E-state index contributed by atoms with van der Waals surface area (Å²) in [6.07, 6.45) is 2.96. The lowest BCUT2D eigenvalue weighted by Gasteiger charge is -2.13. The molecule has 0 N–H and O–H groups in total. The lowest BCUT2D eigenvalue weighted by molar-refractivity contribution is -0.137. The van der Waals surface area contributed by atoms with Gasteiger partial charge in [-0.2, -0.15) is 0 Å². The molecule has 0 unspecified atom stereocenters. The van der Waals surface area contributed by atoms with Gasteiger partial charge in [-0.05, 0) is 38.1 Å². The highest BCUT2D eigenvalue weighted by molar-refractivity contribution is 5.88. The molecule has 1 heterocycles. The molecule has 0 aliphatic rings. The van der Waals surface area contributed by atoms with E-state index < -0.39 is 11.8 Å². The minimum absolute atomic E-state index is 0.124. The maximum absolute atomic E-state index is 14.4. The number of halogens is 1. The number of aromatic nitrogens is 2. The van der Waals surface area contributed by atoms with Crippen LogP contribution in [0.3, 0.4) is 0 Å². The van der Waals surface area contributed by atoms with Gasteiger partial charge in [0.2, 0.25) is 0 Å². The first-order chi connectivity index (χ1) is 13.4. The van der Waals surface area contributed by atoms with Crippen LogP contribution in [0.2, 0.25) is 0 Å². The highest BCUT2D eigenvalue weighted by atomic mass is 19.1. The normalized spacial score (nSPS) is 11.3. The second kappa shape index (κ2) is 8.17. The quantitative estimate of drug-likeness (QED) is 0.496. The topological polar surface area (TPSA) is 61.2 Å². The highest BCUT2D eigenvalue weighted by Gasteiger charge is 2.14. The molecule has 0 bridgehead atoms. The van der Waals surface area contributed by atoms with E-state index in [0.717, 1.165) is 11.6 Å². The zero-order valence-corrected chi connectivity index (χ0v) is 16.0. The summed E-state index contributed by atoms with van der Waals surface area (Å²) >= 11 is 0. The zero-order valence-electron chi connectivity index (χ0n) is 16.0. The molecule has 1 aromatic heterocycles. The Morgan fingerprint density at radius 2 is 1.93 bits per heavy atom. The summed E-state index contributed by atoms with van der Waals surface area (Å²) in [5.74, 6) is -0.579. The molecule has 5 nitrogen and oxygen atoms in total. The molecule has 6 heteroatoms. The average molecular weight is 380 g/mol. The first-order valence-electron chi connectivity index (χ1n) is 9.11. The molecule has 0 amide bonds. The van der Waals surface area contributed by atoms with Gasteiger partial charge in [-0.3, -0.25) is 9.36 Å². The van der Waals surface area contributed by atoms with Gasteiger partial charge in [-0.25, -0.2) is 14.2 Å². The zero-order chi connectivity index (χ0) is 20.3. The number of rotatable bonds is 5. The van der Waals surface area contributed by atoms with Gasteiger partial charge < -0.3 is 4.74 Å². The van der Waals surface area contributed by atoms with Gasteiger partial charge in [-0.15, -0.1) is 0 Å². The molecule has 28 heavy (non-hydrogen) atoms. The number of hydrogen-bond donors (Lipinski definition) is 0. The largest absolute Gasteiger partial charge is 0.463 e. The van der Waals surface area contributed by atoms with Gasteiger partial charge in [0.15, 0.2) is 0 Å². The fourth-order valence-electron chi connectivity index (χ4n) is 2.94. The second-order valence-corrected chi connectivity index (χ2v) is 6.33. The van der Waals surface area contributed by atoms with Crippen LogP contribution in [-0.2, 0) is 16.0 Å². The van der Waals surface area contributed by atoms with Crippen molar-refractivity contribution in [2.24, 2.45) is 0 Å². The number of nitrogens with zero attached hydrogens (tertiary/aromatic N) is 2. The van der Waals surface area contributed by atoms with Crippen molar-refractivity contribution in [1.29, 1.82) is 0 Å². The molecule has 3 rings (SSSR count). The Kier molecular flexibility index (Phi) is 5.68. The van der Waals surface area contributed by atoms with Crippen LogP contribution < -0.4 is 5.56 Å². The lowest BCUT2D eigenvalue weighted by atomic mass is 10.1. The molecule has 0 radical (unpaired) electrons. The molecule has 0 saturated carbocycles. The van der Waals surface area contributed by atoms with E-state index in [2.05, 4.69) is 4.98 Å². The molecular weight excluding hydrogens is 359 g/mol. The number of benzene rings is 2. The predicted octanol–water partition coefficient (Wildman–Crippen LogP) is 3.97. The third-order valence-electron chi connectivity index (χ3n) is 4.35. The smallest absolute Gasteiger partial charge is 0.330 e. The summed E-state index contributed by atoms with van der Waals surface area (Å²) in [7, 11) is 0. The van der Waals surface area contributed by atoms with Crippen molar-refractivity contribution in [3.63, 3.8) is 0 Å². The van der Waals surface area contributed by atoms with Crippen molar-refractivity contribution in [1.82, 2.24) is 9.55 Å². The van der Waals surface area contributed by atoms with E-state index in [4.69, 9.17) is 4.74 Å². The molecule has 0 saturated heterocycles. The van der Waals surface area contributed by atoms with Crippen molar-refractivity contribution in [2.45, 2.75) is 27.2 Å². The van der Waals surface area contributed by atoms with E-state index >= 15 is 0 Å². The van der Waals surface area contributed by atoms with E-state index in [0.29, 0.717) is 17.9 Å². The van der Waals surface area contributed by atoms with Crippen molar-refractivity contribution >= 4 is 22.9 Å². The van der Waals surface area contributed by atoms with Crippen LogP contribution in [0.1, 0.15) is 30.8 Å². The number of aryl methyl sites for hydroxylation is 2. The fraction of sp³-hybridized carbons (Fsp3) is 0.227. The monoisotopic (exact) mass is 380 g/mol. The lowest BCUT2D eigenvalue weighted by Crippen LogP contribution is -2.23. The number of fused-ring (bicyclic) bond motifs is 1. The Morgan fingerprint density at radius 3 is 2.57 bits per heavy atom. The van der Waals surface area contributed by atoms with Crippen LogP contribution in [0.15, 0.2) is 47.3 Å². The van der Waals surface area contributed by atoms with Crippen LogP contribution in [-0.4, -0.2) is 22.1 Å². The van der Waals surface area contributed by atoms with Crippen LogP contribution in [0.25, 0.3) is 22.7 Å². The maximum atomic E-state index is 14.4. The van der Waals surface area contributed by atoms with Crippen molar-refractivity contribution in [3.8, 4) is 5.69 Å². The third kappa shape index (κ3) is 3.86. The predicted molar refractivity (Wildman–Crippen MR) is 107 cm³/mol. The van der Waals surface area contributed by atoms with Gasteiger partial charge in [-0.1, -0.05) is 24.6 Å². The molecule has 144 valence electrons. The highest BCUT2D eigenvalue weighted by Crippen LogP contribution is 2.19. The number of hydrogen-bond acceptors (Lipinski definition) is 4. The standard InChI is InChI=1S/C22H21FN2O3/c1-4-20-24-19-13-18(23)15(8-11-21(26)28-5-2)12-17(19)22(27)25(20)16-9-6-14(3)7-10-16/h6-13H,4-5H2,1-3H3/b11-8+. The number of carbonyl (C=O) groups is 1. The van der Waals surface area contributed by atoms with Gasteiger partial charge >= 0.3 is 5.97 Å². The van der Waals surface area contributed by atoms with E-state index in [1.807, 2.05) is 38.1 Å². The Bertz CT molecular complexity index is 1120. The summed E-state index contributed by atoms with van der Waals surface area (Å²) in [5, 5.41) is 0.280. The minimum atomic E-state index is -0.571. The van der Waals surface area contributed by atoms with Crippen LogP contribution in [0.5, 0.6) is 0 Å². The summed E-state index contributed by atoms with van der Waals surface area (Å²) in [6, 6.07) is 10.2. The third-order valence-corrected chi connectivity index (χ3v) is 4.35. The van der Waals surface area contributed by atoms with Crippen LogP contribution in [0.4, 0.5) is 4.39 Å². The first-order valence-corrected chi connectivity index (χ1v) is 9.11. The summed E-state index contributed by atoms with van der Waals surface area (Å²) in [5.41, 5.74) is 1.92. The fourth-order valence-corrected chi connectivity index (χ4v) is 2.94. The molecule has 0 atom stereocenters. The molecule has 0 spiro atoms. The van der Waals surface area contributed by atoms with Crippen LogP contribution >= 0.6 is 0 Å². The van der Waals surface area contributed by atoms with Gasteiger partial charge in [0.05, 0.1) is 23.2 Å². The second-order valence-electron chi connectivity index (χ2n) is 6.33.